The van der Waals surface area contributed by atoms with Crippen LogP contribution in [0.25, 0.3) is 0 Å². The molecule has 0 spiro atoms. The SMILES string of the molecule is [B]C1(C)C(C)(C)C1(P)C(O)(F)P. The molecule has 0 aromatic carbocycles. The molecule has 0 saturated heterocycles. The molecule has 5 atom stereocenters. The second-order valence-electron chi connectivity index (χ2n) is 4.31. The van der Waals surface area contributed by atoms with Gasteiger partial charge in [0.2, 0.25) is 5.60 Å². The first-order valence-electron chi connectivity index (χ1n) is 3.78. The fraction of sp³-hybridized carbons (Fsp3) is 1.00. The Bertz CT molecular complexity index is 208. The normalized spacial score (nSPS) is 49.9. The monoisotopic (exact) mass is 206 g/mol. The first-order chi connectivity index (χ1) is 5.00. The third-order valence-electron chi connectivity index (χ3n) is 3.59. The highest BCUT2D eigenvalue weighted by Crippen LogP contribution is 2.84. The zero-order valence-electron chi connectivity index (χ0n) is 7.56. The van der Waals surface area contributed by atoms with Crippen LogP contribution in [-0.2, 0) is 0 Å². The predicted molar refractivity (Wildman–Crippen MR) is 56.1 cm³/mol. The molecule has 1 saturated carbocycles. The van der Waals surface area contributed by atoms with Gasteiger partial charge in [0, 0.05) is 5.16 Å². The molecule has 1 rings (SSSR count). The summed E-state index contributed by atoms with van der Waals surface area (Å²) in [4.78, 5) is 0. The lowest BCUT2D eigenvalue weighted by molar-refractivity contribution is -0.0160. The highest BCUT2D eigenvalue weighted by atomic mass is 31.0. The van der Waals surface area contributed by atoms with Gasteiger partial charge in [0.1, 0.15) is 0 Å². The molecule has 2 radical (unpaired) electrons. The van der Waals surface area contributed by atoms with Crippen molar-refractivity contribution in [3.8, 4) is 0 Å². The van der Waals surface area contributed by atoms with E-state index in [9.17, 15) is 9.50 Å². The van der Waals surface area contributed by atoms with Crippen molar-refractivity contribution in [1.82, 2.24) is 0 Å². The molecule has 1 N–H and O–H groups in total. The zero-order chi connectivity index (χ0) is 10.0. The number of rotatable bonds is 1. The van der Waals surface area contributed by atoms with Crippen LogP contribution in [-0.4, -0.2) is 23.7 Å². The van der Waals surface area contributed by atoms with Crippen molar-refractivity contribution in [2.24, 2.45) is 5.41 Å². The third-order valence-corrected chi connectivity index (χ3v) is 6.11. The van der Waals surface area contributed by atoms with Gasteiger partial charge < -0.3 is 5.11 Å². The number of aliphatic hydroxyl groups is 1. The van der Waals surface area contributed by atoms with Crippen molar-refractivity contribution in [2.75, 3.05) is 0 Å². The van der Waals surface area contributed by atoms with Crippen LogP contribution in [0.2, 0.25) is 5.31 Å². The van der Waals surface area contributed by atoms with Crippen LogP contribution in [0.4, 0.5) is 4.39 Å². The molecule has 1 fully saturated rings. The van der Waals surface area contributed by atoms with Gasteiger partial charge in [-0.15, -0.1) is 9.24 Å². The average molecular weight is 206 g/mol. The van der Waals surface area contributed by atoms with Crippen LogP contribution in [0.1, 0.15) is 20.8 Å². The summed E-state index contributed by atoms with van der Waals surface area (Å²) in [6.45, 7) is 5.43. The van der Waals surface area contributed by atoms with Crippen molar-refractivity contribution in [3.63, 3.8) is 0 Å². The van der Waals surface area contributed by atoms with Crippen molar-refractivity contribution in [2.45, 2.75) is 36.8 Å². The summed E-state index contributed by atoms with van der Waals surface area (Å²) in [5.41, 5.74) is -2.75. The van der Waals surface area contributed by atoms with Gasteiger partial charge in [0.15, 0.2) is 0 Å². The maximum absolute atomic E-state index is 13.4. The topological polar surface area (TPSA) is 20.2 Å². The Kier molecular flexibility index (Phi) is 2.04. The van der Waals surface area contributed by atoms with E-state index < -0.39 is 21.5 Å². The van der Waals surface area contributed by atoms with Crippen LogP contribution in [0.3, 0.4) is 0 Å². The number of hydrogen-bond donors (Lipinski definition) is 1. The average Bonchev–Trinajstić information content (AvgIpc) is 2.09. The fourth-order valence-electron chi connectivity index (χ4n) is 1.97. The molecule has 0 heterocycles. The van der Waals surface area contributed by atoms with Gasteiger partial charge in [-0.05, 0) is 10.7 Å². The summed E-state index contributed by atoms with van der Waals surface area (Å²) in [5, 5.41) is 7.61. The van der Waals surface area contributed by atoms with Crippen molar-refractivity contribution >= 4 is 26.3 Å². The second-order valence-corrected chi connectivity index (χ2v) is 5.94. The van der Waals surface area contributed by atoms with E-state index in [0.717, 1.165) is 0 Å². The summed E-state index contributed by atoms with van der Waals surface area (Å²) in [5.74, 6) is 0. The first kappa shape index (κ1) is 10.9. The minimum Gasteiger partial charge on any atom is -0.358 e. The van der Waals surface area contributed by atoms with Crippen molar-refractivity contribution < 1.29 is 9.50 Å². The lowest BCUT2D eigenvalue weighted by atomic mass is 9.78. The quantitative estimate of drug-likeness (QED) is 0.508. The smallest absolute Gasteiger partial charge is 0.228 e. The largest absolute Gasteiger partial charge is 0.358 e. The highest BCUT2D eigenvalue weighted by molar-refractivity contribution is 7.25. The van der Waals surface area contributed by atoms with Crippen LogP contribution in [0, 0.1) is 5.41 Å². The molecule has 0 bridgehead atoms. The molecule has 1 nitrogen and oxygen atoms in total. The standard InChI is InChI=1S/C7H14BFOP2/c1-4(2)5(3,8)6(4,11)7(9,10)12/h10H,11-12H2,1-3H3. The van der Waals surface area contributed by atoms with E-state index in [1.54, 1.807) is 16.2 Å². The molecule has 0 aliphatic heterocycles. The molecule has 0 aromatic rings. The summed E-state index contributed by atoms with van der Waals surface area (Å²) < 4.78 is 13.4. The Balaban J connectivity index is 3.09. The Morgan fingerprint density at radius 2 is 1.67 bits per heavy atom. The molecule has 12 heavy (non-hydrogen) atoms. The summed E-state index contributed by atoms with van der Waals surface area (Å²) in [6.07, 6.45) is 0. The molecular formula is C7H14BFOP2. The molecule has 68 valence electrons. The Morgan fingerprint density at radius 3 is 1.67 bits per heavy atom. The molecule has 1 aliphatic rings. The summed E-state index contributed by atoms with van der Waals surface area (Å²) in [6, 6.07) is 0. The van der Waals surface area contributed by atoms with E-state index >= 15 is 0 Å². The van der Waals surface area contributed by atoms with Crippen molar-refractivity contribution in [3.05, 3.63) is 0 Å². The number of hydrogen-bond acceptors (Lipinski definition) is 1. The minimum atomic E-state index is -2.33. The van der Waals surface area contributed by atoms with Crippen LogP contribution >= 0.6 is 18.5 Å². The van der Waals surface area contributed by atoms with Gasteiger partial charge in [-0.25, -0.2) is 4.39 Å². The predicted octanol–water partition coefficient (Wildman–Crippen LogP) is 1.48. The molecule has 5 heteroatoms. The molecule has 0 amide bonds. The zero-order valence-corrected chi connectivity index (χ0v) is 9.87. The maximum atomic E-state index is 13.4. The number of halogens is 1. The van der Waals surface area contributed by atoms with Gasteiger partial charge in [-0.1, -0.05) is 30.0 Å². The Morgan fingerprint density at radius 1 is 1.42 bits per heavy atom. The third kappa shape index (κ3) is 0.860. The lowest BCUT2D eigenvalue weighted by Gasteiger charge is -2.26. The molecule has 1 aliphatic carbocycles. The van der Waals surface area contributed by atoms with E-state index in [4.69, 9.17) is 7.85 Å². The van der Waals surface area contributed by atoms with Crippen LogP contribution in [0.5, 0.6) is 0 Å². The van der Waals surface area contributed by atoms with Gasteiger partial charge in [-0.2, -0.15) is 0 Å². The highest BCUT2D eigenvalue weighted by Gasteiger charge is 2.81. The second kappa shape index (κ2) is 2.24. The maximum Gasteiger partial charge on any atom is 0.228 e. The van der Waals surface area contributed by atoms with Gasteiger partial charge in [-0.3, -0.25) is 0 Å². The van der Waals surface area contributed by atoms with E-state index in [0.29, 0.717) is 0 Å². The Labute approximate surface area is 78.7 Å². The van der Waals surface area contributed by atoms with Gasteiger partial charge in [0.25, 0.3) is 0 Å². The molecular weight excluding hydrogens is 192 g/mol. The fourth-order valence-corrected chi connectivity index (χ4v) is 3.22. The van der Waals surface area contributed by atoms with Gasteiger partial charge in [0.05, 0.1) is 7.85 Å². The van der Waals surface area contributed by atoms with E-state index in [1.807, 2.05) is 13.8 Å². The van der Waals surface area contributed by atoms with Crippen LogP contribution < -0.4 is 0 Å². The van der Waals surface area contributed by atoms with E-state index in [1.165, 1.54) is 0 Å². The van der Waals surface area contributed by atoms with Crippen LogP contribution in [0.15, 0.2) is 0 Å². The minimum absolute atomic E-state index is 0.421. The summed E-state index contributed by atoms with van der Waals surface area (Å²) >= 11 is 0. The Hall–Kier alpha value is 0.815. The summed E-state index contributed by atoms with van der Waals surface area (Å²) in [7, 11) is 10.0. The number of alkyl halides is 1. The van der Waals surface area contributed by atoms with Gasteiger partial charge >= 0.3 is 0 Å². The lowest BCUT2D eigenvalue weighted by Crippen LogP contribution is -2.33. The van der Waals surface area contributed by atoms with E-state index in [2.05, 4.69) is 9.24 Å². The van der Waals surface area contributed by atoms with Crippen molar-refractivity contribution in [1.29, 1.82) is 0 Å². The first-order valence-corrected chi connectivity index (χ1v) is 4.93. The molecule has 0 aromatic heterocycles. The van der Waals surface area contributed by atoms with E-state index in [-0.39, 0.29) is 0 Å². The molecule has 5 unspecified atom stereocenters.